The first kappa shape index (κ1) is 13.9. The fourth-order valence-electron chi connectivity index (χ4n) is 2.22. The number of ether oxygens (including phenoxy) is 1. The number of piperazine rings is 1. The van der Waals surface area contributed by atoms with Crippen LogP contribution < -0.4 is 5.32 Å². The maximum atomic E-state index is 12.3. The van der Waals surface area contributed by atoms with Gasteiger partial charge in [-0.3, -0.25) is 4.90 Å². The number of rotatable bonds is 1. The largest absolute Gasteiger partial charge is 0.444 e. The van der Waals surface area contributed by atoms with Crippen LogP contribution in [0.2, 0.25) is 0 Å². The van der Waals surface area contributed by atoms with Crippen LogP contribution in [0.5, 0.6) is 0 Å². The van der Waals surface area contributed by atoms with E-state index in [9.17, 15) is 4.79 Å². The maximum absolute atomic E-state index is 12.3. The van der Waals surface area contributed by atoms with E-state index in [1.165, 1.54) is 0 Å². The molecule has 0 saturated carbocycles. The highest BCUT2D eigenvalue weighted by atomic mass is 16.6. The average Bonchev–Trinajstić information content (AvgIpc) is 2.38. The first-order valence-electron chi connectivity index (χ1n) is 6.73. The van der Waals surface area contributed by atoms with Gasteiger partial charge in [-0.2, -0.15) is 0 Å². The number of carbonyl (C=O) groups is 1. The summed E-state index contributed by atoms with van der Waals surface area (Å²) < 4.78 is 5.49. The van der Waals surface area contributed by atoms with E-state index in [1.807, 2.05) is 43.9 Å². The molecule has 1 N–H and O–H groups in total. The lowest BCUT2D eigenvalue weighted by Gasteiger charge is -2.37. The van der Waals surface area contributed by atoms with E-state index in [0.29, 0.717) is 6.54 Å². The molecule has 1 aliphatic rings. The lowest BCUT2D eigenvalue weighted by atomic mass is 10.0. The summed E-state index contributed by atoms with van der Waals surface area (Å²) in [7, 11) is 0. The average molecular weight is 262 g/mol. The third-order valence-electron chi connectivity index (χ3n) is 3.06. The first-order valence-corrected chi connectivity index (χ1v) is 6.73. The fraction of sp³-hybridized carbons (Fsp3) is 0.533. The van der Waals surface area contributed by atoms with Crippen molar-refractivity contribution in [1.29, 1.82) is 0 Å². The van der Waals surface area contributed by atoms with E-state index in [-0.39, 0.29) is 12.1 Å². The van der Waals surface area contributed by atoms with Crippen molar-refractivity contribution in [3.05, 3.63) is 35.9 Å². The molecule has 0 spiro atoms. The Labute approximate surface area is 114 Å². The van der Waals surface area contributed by atoms with Crippen molar-refractivity contribution in [2.75, 3.05) is 19.6 Å². The normalized spacial score (nSPS) is 20.2. The number of hydrogen-bond donors (Lipinski definition) is 1. The smallest absolute Gasteiger partial charge is 0.410 e. The molecule has 1 aromatic carbocycles. The van der Waals surface area contributed by atoms with Crippen LogP contribution in [0.15, 0.2) is 30.3 Å². The van der Waals surface area contributed by atoms with Crippen LogP contribution in [0, 0.1) is 0 Å². The minimum Gasteiger partial charge on any atom is -0.444 e. The number of amides is 1. The zero-order valence-electron chi connectivity index (χ0n) is 11.8. The molecule has 2 rings (SSSR count). The first-order chi connectivity index (χ1) is 8.97. The molecule has 1 amide bonds. The van der Waals surface area contributed by atoms with Crippen LogP contribution in [-0.4, -0.2) is 36.2 Å². The molecule has 0 aliphatic carbocycles. The maximum Gasteiger partial charge on any atom is 0.410 e. The second-order valence-electron chi connectivity index (χ2n) is 5.80. The summed E-state index contributed by atoms with van der Waals surface area (Å²) in [6.07, 6.45) is -0.233. The molecule has 1 heterocycles. The monoisotopic (exact) mass is 262 g/mol. The quantitative estimate of drug-likeness (QED) is 0.845. The molecule has 19 heavy (non-hydrogen) atoms. The van der Waals surface area contributed by atoms with Crippen molar-refractivity contribution in [3.8, 4) is 0 Å². The van der Waals surface area contributed by atoms with Crippen molar-refractivity contribution >= 4 is 6.09 Å². The fourth-order valence-corrected chi connectivity index (χ4v) is 2.22. The predicted octanol–water partition coefficient (Wildman–Crippen LogP) is 2.57. The van der Waals surface area contributed by atoms with Gasteiger partial charge in [0.1, 0.15) is 5.60 Å². The summed E-state index contributed by atoms with van der Waals surface area (Å²) in [4.78, 5) is 14.1. The Balaban J connectivity index is 2.15. The second-order valence-corrected chi connectivity index (χ2v) is 5.80. The lowest BCUT2D eigenvalue weighted by molar-refractivity contribution is 0.0118. The van der Waals surface area contributed by atoms with Crippen LogP contribution in [0.25, 0.3) is 0 Å². The van der Waals surface area contributed by atoms with Gasteiger partial charge in [0.25, 0.3) is 0 Å². The van der Waals surface area contributed by atoms with E-state index in [1.54, 1.807) is 0 Å². The van der Waals surface area contributed by atoms with Crippen molar-refractivity contribution in [3.63, 3.8) is 0 Å². The van der Waals surface area contributed by atoms with Gasteiger partial charge < -0.3 is 10.1 Å². The van der Waals surface area contributed by atoms with Crippen LogP contribution in [-0.2, 0) is 4.74 Å². The third kappa shape index (κ3) is 3.70. The van der Waals surface area contributed by atoms with Gasteiger partial charge in [0.05, 0.1) is 6.04 Å². The SMILES string of the molecule is CC(C)(C)OC(=O)N1CCNC[C@H]1c1ccccc1. The Kier molecular flexibility index (Phi) is 4.10. The molecule has 1 saturated heterocycles. The highest BCUT2D eigenvalue weighted by Crippen LogP contribution is 2.24. The van der Waals surface area contributed by atoms with Crippen molar-refractivity contribution in [2.24, 2.45) is 0 Å². The molecular weight excluding hydrogens is 240 g/mol. The van der Waals surface area contributed by atoms with Crippen molar-refractivity contribution in [1.82, 2.24) is 10.2 Å². The summed E-state index contributed by atoms with van der Waals surface area (Å²) in [5.74, 6) is 0. The Morgan fingerprint density at radius 1 is 1.32 bits per heavy atom. The molecule has 0 bridgehead atoms. The molecule has 1 aromatic rings. The summed E-state index contributed by atoms with van der Waals surface area (Å²) in [5, 5.41) is 3.33. The summed E-state index contributed by atoms with van der Waals surface area (Å²) in [6, 6.07) is 10.1. The van der Waals surface area contributed by atoms with E-state index in [0.717, 1.165) is 18.7 Å². The van der Waals surface area contributed by atoms with Gasteiger partial charge in [0, 0.05) is 19.6 Å². The molecular formula is C15H22N2O2. The number of benzene rings is 1. The number of nitrogens with one attached hydrogen (secondary N) is 1. The highest BCUT2D eigenvalue weighted by molar-refractivity contribution is 5.69. The Hall–Kier alpha value is -1.55. The minimum absolute atomic E-state index is 0.0461. The molecule has 1 aliphatic heterocycles. The van der Waals surface area contributed by atoms with Crippen molar-refractivity contribution < 1.29 is 9.53 Å². The topological polar surface area (TPSA) is 41.6 Å². The van der Waals surface area contributed by atoms with Crippen molar-refractivity contribution in [2.45, 2.75) is 32.4 Å². The van der Waals surface area contributed by atoms with Crippen LogP contribution in [0.4, 0.5) is 4.79 Å². The van der Waals surface area contributed by atoms with E-state index in [2.05, 4.69) is 17.4 Å². The Morgan fingerprint density at radius 2 is 2.00 bits per heavy atom. The molecule has 4 heteroatoms. The van der Waals surface area contributed by atoms with Crippen LogP contribution in [0.1, 0.15) is 32.4 Å². The van der Waals surface area contributed by atoms with Crippen LogP contribution >= 0.6 is 0 Å². The molecule has 0 unspecified atom stereocenters. The summed E-state index contributed by atoms with van der Waals surface area (Å²) in [6.45, 7) is 7.93. The lowest BCUT2D eigenvalue weighted by Crippen LogP contribution is -2.50. The molecule has 0 radical (unpaired) electrons. The van der Waals surface area contributed by atoms with E-state index in [4.69, 9.17) is 4.74 Å². The van der Waals surface area contributed by atoms with E-state index >= 15 is 0 Å². The van der Waals surface area contributed by atoms with Gasteiger partial charge in [-0.15, -0.1) is 0 Å². The van der Waals surface area contributed by atoms with Gasteiger partial charge in [-0.25, -0.2) is 4.79 Å². The zero-order chi connectivity index (χ0) is 13.9. The van der Waals surface area contributed by atoms with Crippen LogP contribution in [0.3, 0.4) is 0 Å². The standard InChI is InChI=1S/C15H22N2O2/c1-15(2,3)19-14(18)17-10-9-16-11-13(17)12-7-5-4-6-8-12/h4-8,13,16H,9-11H2,1-3H3/t13-/m0/s1. The molecule has 0 aromatic heterocycles. The zero-order valence-corrected chi connectivity index (χ0v) is 11.8. The number of carbonyl (C=O) groups excluding carboxylic acids is 1. The minimum atomic E-state index is -0.455. The molecule has 1 atom stereocenters. The highest BCUT2D eigenvalue weighted by Gasteiger charge is 2.31. The summed E-state index contributed by atoms with van der Waals surface area (Å²) >= 11 is 0. The third-order valence-corrected chi connectivity index (χ3v) is 3.06. The Morgan fingerprint density at radius 3 is 2.63 bits per heavy atom. The predicted molar refractivity (Wildman–Crippen MR) is 75.0 cm³/mol. The summed E-state index contributed by atoms with van der Waals surface area (Å²) in [5.41, 5.74) is 0.684. The van der Waals surface area contributed by atoms with Gasteiger partial charge >= 0.3 is 6.09 Å². The van der Waals surface area contributed by atoms with Gasteiger partial charge in [0.15, 0.2) is 0 Å². The molecule has 1 fully saturated rings. The van der Waals surface area contributed by atoms with Gasteiger partial charge in [0.2, 0.25) is 0 Å². The second kappa shape index (κ2) is 5.61. The van der Waals surface area contributed by atoms with Gasteiger partial charge in [-0.05, 0) is 26.3 Å². The molecule has 104 valence electrons. The molecule has 4 nitrogen and oxygen atoms in total. The number of hydrogen-bond acceptors (Lipinski definition) is 3. The van der Waals surface area contributed by atoms with Gasteiger partial charge in [-0.1, -0.05) is 30.3 Å². The number of nitrogens with zero attached hydrogens (tertiary/aromatic N) is 1. The van der Waals surface area contributed by atoms with E-state index < -0.39 is 5.60 Å². The Bertz CT molecular complexity index is 426.